The maximum absolute atomic E-state index is 6.07. The first kappa shape index (κ1) is 36.4. The van der Waals surface area contributed by atoms with E-state index in [4.69, 9.17) is 42.1 Å². The normalized spacial score (nSPS) is 24.5. The monoisotopic (exact) mass is 696 g/mol. The van der Waals surface area contributed by atoms with Crippen molar-refractivity contribution in [3.63, 3.8) is 0 Å². The van der Waals surface area contributed by atoms with Crippen LogP contribution in [0.25, 0.3) is 0 Å². The average Bonchev–Trinajstić information content (AvgIpc) is 3.68. The Kier molecular flexibility index (Phi) is 10.6. The molecule has 12 heteroatoms. The predicted molar refractivity (Wildman–Crippen MR) is 200 cm³/mol. The van der Waals surface area contributed by atoms with Gasteiger partial charge in [-0.2, -0.15) is 0 Å². The molecule has 0 N–H and O–H groups in total. The molecule has 4 atom stereocenters. The number of benzene rings is 3. The Morgan fingerprint density at radius 2 is 1.06 bits per heavy atom. The summed E-state index contributed by atoms with van der Waals surface area (Å²) in [6.07, 6.45) is 3.38. The summed E-state index contributed by atoms with van der Waals surface area (Å²) in [5.41, 5.74) is 10.6. The van der Waals surface area contributed by atoms with E-state index in [0.29, 0.717) is 26.4 Å². The van der Waals surface area contributed by atoms with Gasteiger partial charge in [-0.25, -0.2) is 0 Å². The molecule has 270 valence electrons. The fourth-order valence-electron chi connectivity index (χ4n) is 7.97. The third-order valence-electron chi connectivity index (χ3n) is 10.5. The molecule has 0 saturated heterocycles. The molecule has 0 aliphatic carbocycles. The van der Waals surface area contributed by atoms with E-state index >= 15 is 0 Å². The van der Waals surface area contributed by atoms with Crippen LogP contribution in [0.5, 0.6) is 17.2 Å². The molecule has 3 aromatic rings. The van der Waals surface area contributed by atoms with Crippen molar-refractivity contribution in [2.24, 2.45) is 0 Å². The lowest BCUT2D eigenvalue weighted by molar-refractivity contribution is 0.0268. The Hall–Kier alpha value is -2.99. The molecular weight excluding hydrogens is 645 g/mol. The van der Waals surface area contributed by atoms with Gasteiger partial charge >= 0.3 is 21.4 Å². The summed E-state index contributed by atoms with van der Waals surface area (Å²) in [6, 6.07) is 12.4. The first-order valence-corrected chi connectivity index (χ1v) is 18.7. The number of aryl methyl sites for hydroxylation is 3. The minimum Gasteiger partial charge on any atom is -0.492 e. The summed E-state index contributed by atoms with van der Waals surface area (Å²) in [6.45, 7) is 21.2. The van der Waals surface area contributed by atoms with Gasteiger partial charge in [-0.05, 0) is 112 Å². The topological polar surface area (TPSA) is 83.1 Å². The summed E-state index contributed by atoms with van der Waals surface area (Å²) in [4.78, 5) is 0. The molecule has 0 spiro atoms. The SMILES string of the molecule is CC[C@H]1OB2OC(C)(C)COc3ccc(C)c1c32.CC[C@H]1OB2OC(C)COc3ccc(C)c1c32.CC[C@H]1OB2OCCOc3ccc(C)c1c32. The maximum Gasteiger partial charge on any atom is 0.499 e. The van der Waals surface area contributed by atoms with Crippen LogP contribution in [0.3, 0.4) is 0 Å². The number of hydrogen-bond acceptors (Lipinski definition) is 9. The van der Waals surface area contributed by atoms with Gasteiger partial charge in [-0.3, -0.25) is 0 Å². The highest BCUT2D eigenvalue weighted by atomic mass is 16.6. The van der Waals surface area contributed by atoms with Crippen LogP contribution in [0.4, 0.5) is 0 Å². The molecule has 51 heavy (non-hydrogen) atoms. The van der Waals surface area contributed by atoms with Gasteiger partial charge in [-0.1, -0.05) is 39.0 Å². The van der Waals surface area contributed by atoms with Crippen LogP contribution < -0.4 is 30.6 Å². The summed E-state index contributed by atoms with van der Waals surface area (Å²) >= 11 is 0. The van der Waals surface area contributed by atoms with Crippen molar-refractivity contribution in [2.45, 2.75) is 112 Å². The Labute approximate surface area is 304 Å². The Morgan fingerprint density at radius 1 is 0.588 bits per heavy atom. The van der Waals surface area contributed by atoms with Crippen LogP contribution in [0.15, 0.2) is 36.4 Å². The molecule has 0 saturated carbocycles. The summed E-state index contributed by atoms with van der Waals surface area (Å²) in [7, 11) is -0.753. The first-order chi connectivity index (χ1) is 24.5. The van der Waals surface area contributed by atoms with Crippen LogP contribution >= 0.6 is 0 Å². The van der Waals surface area contributed by atoms with Crippen LogP contribution in [-0.4, -0.2) is 59.5 Å². The van der Waals surface area contributed by atoms with E-state index in [1.807, 2.05) is 39.0 Å². The zero-order valence-corrected chi connectivity index (χ0v) is 31.6. The minimum atomic E-state index is -0.322. The molecule has 9 rings (SSSR count). The molecule has 6 aliphatic heterocycles. The quantitative estimate of drug-likeness (QED) is 0.311. The third kappa shape index (κ3) is 6.96. The summed E-state index contributed by atoms with van der Waals surface area (Å²) < 4.78 is 53.0. The lowest BCUT2D eigenvalue weighted by Gasteiger charge is -2.25. The molecule has 6 heterocycles. The van der Waals surface area contributed by atoms with Crippen molar-refractivity contribution < 1.29 is 42.1 Å². The number of ether oxygens (including phenoxy) is 3. The lowest BCUT2D eigenvalue weighted by Crippen LogP contribution is -2.40. The van der Waals surface area contributed by atoms with Crippen LogP contribution in [0.1, 0.15) is 112 Å². The van der Waals surface area contributed by atoms with Gasteiger partial charge in [-0.15, -0.1) is 0 Å². The van der Waals surface area contributed by atoms with E-state index in [0.717, 1.165) is 52.9 Å². The van der Waals surface area contributed by atoms with Gasteiger partial charge in [0.2, 0.25) is 0 Å². The molecular formula is C39H51B3O9. The van der Waals surface area contributed by atoms with Crippen molar-refractivity contribution in [2.75, 3.05) is 26.4 Å². The second-order valence-corrected chi connectivity index (χ2v) is 14.9. The van der Waals surface area contributed by atoms with Gasteiger partial charge in [0.25, 0.3) is 0 Å². The molecule has 9 nitrogen and oxygen atoms in total. The Morgan fingerprint density at radius 3 is 1.63 bits per heavy atom. The third-order valence-corrected chi connectivity index (χ3v) is 10.5. The summed E-state index contributed by atoms with van der Waals surface area (Å²) in [5, 5.41) is 0. The van der Waals surface area contributed by atoms with E-state index in [-0.39, 0.29) is 51.4 Å². The molecule has 0 aromatic heterocycles. The highest BCUT2D eigenvalue weighted by Crippen LogP contribution is 2.38. The Bertz CT molecular complexity index is 1750. The van der Waals surface area contributed by atoms with Gasteiger partial charge in [0.15, 0.2) is 0 Å². The van der Waals surface area contributed by atoms with Gasteiger partial charge in [0.1, 0.15) is 37.1 Å². The standard InChI is InChI=1S/C14H19BO3.C13H17BO3.C12H15BO3/c1-5-10-12-9(2)6-7-11-13(12)15(17-10)18-14(3,4)8-16-11;1-4-10-12-8(2)5-6-11-13(12)14(17-10)16-9(3)7-15-11;1-3-9-11-8(2)4-5-10-12(11)13(16-9)15-7-6-14-10/h6-7,10H,5,8H2,1-4H3;5-6,9-10H,4,7H2,1-3H3;4-5,9H,3,6-7H2,1-2H3/t10-;9?,10-;9-/m111/s1. The fraction of sp³-hybridized carbons (Fsp3) is 0.538. The highest BCUT2D eigenvalue weighted by Gasteiger charge is 2.46. The zero-order valence-electron chi connectivity index (χ0n) is 31.6. The predicted octanol–water partition coefficient (Wildman–Crippen LogP) is 5.91. The van der Waals surface area contributed by atoms with E-state index in [1.165, 1.54) is 33.4 Å². The van der Waals surface area contributed by atoms with Gasteiger partial charge in [0, 0.05) is 16.4 Å². The van der Waals surface area contributed by atoms with Crippen molar-refractivity contribution in [3.05, 3.63) is 69.8 Å². The molecule has 6 aliphatic rings. The lowest BCUT2D eigenvalue weighted by atomic mass is 9.76. The number of hydrogen-bond donors (Lipinski definition) is 0. The molecule has 3 aromatic carbocycles. The highest BCUT2D eigenvalue weighted by molar-refractivity contribution is 6.65. The molecule has 0 fully saturated rings. The van der Waals surface area contributed by atoms with Gasteiger partial charge < -0.3 is 42.1 Å². The van der Waals surface area contributed by atoms with Crippen LogP contribution in [0.2, 0.25) is 0 Å². The van der Waals surface area contributed by atoms with E-state index in [2.05, 4.69) is 59.7 Å². The van der Waals surface area contributed by atoms with Crippen molar-refractivity contribution >= 4 is 37.7 Å². The molecule has 1 unspecified atom stereocenters. The summed E-state index contributed by atoms with van der Waals surface area (Å²) in [5.74, 6) is 2.78. The fourth-order valence-corrected chi connectivity index (χ4v) is 7.97. The smallest absolute Gasteiger partial charge is 0.492 e. The van der Waals surface area contributed by atoms with Crippen LogP contribution in [0, 0.1) is 20.8 Å². The second-order valence-electron chi connectivity index (χ2n) is 14.9. The molecule has 0 radical (unpaired) electrons. The maximum atomic E-state index is 6.07. The first-order valence-electron chi connectivity index (χ1n) is 18.7. The van der Waals surface area contributed by atoms with Crippen molar-refractivity contribution in [3.8, 4) is 17.2 Å². The molecule has 0 amide bonds. The van der Waals surface area contributed by atoms with Crippen LogP contribution in [-0.2, 0) is 27.9 Å². The zero-order chi connectivity index (χ0) is 36.0. The number of rotatable bonds is 3. The largest absolute Gasteiger partial charge is 0.499 e. The van der Waals surface area contributed by atoms with E-state index in [1.54, 1.807) is 0 Å². The van der Waals surface area contributed by atoms with Gasteiger partial charge in [0.05, 0.1) is 36.6 Å². The molecule has 0 bridgehead atoms. The van der Waals surface area contributed by atoms with E-state index in [9.17, 15) is 0 Å². The second kappa shape index (κ2) is 14.8. The van der Waals surface area contributed by atoms with Crippen molar-refractivity contribution in [1.82, 2.24) is 0 Å². The Balaban J connectivity index is 0.000000120. The minimum absolute atomic E-state index is 0.0659. The average molecular weight is 696 g/mol. The van der Waals surface area contributed by atoms with E-state index < -0.39 is 0 Å². The van der Waals surface area contributed by atoms with Crippen molar-refractivity contribution in [1.29, 1.82) is 0 Å².